The Bertz CT molecular complexity index is 441. The molecule has 1 atom stereocenters. The number of rotatable bonds is 4. The Morgan fingerprint density at radius 2 is 2.38 bits per heavy atom. The first-order valence-corrected chi connectivity index (χ1v) is 5.89. The Hall–Kier alpha value is -1.20. The Kier molecular flexibility index (Phi) is 3.69. The van der Waals surface area contributed by atoms with Crippen LogP contribution in [-0.2, 0) is 6.54 Å². The third-order valence-corrected chi connectivity index (χ3v) is 2.73. The number of aromatic amines is 1. The minimum absolute atomic E-state index is 0.191. The largest absolute Gasteiger partial charge is 0.347 e. The van der Waals surface area contributed by atoms with E-state index in [1.165, 1.54) is 0 Å². The van der Waals surface area contributed by atoms with Crippen molar-refractivity contribution < 1.29 is 0 Å². The molecule has 0 aliphatic carbocycles. The second kappa shape index (κ2) is 5.23. The van der Waals surface area contributed by atoms with Crippen LogP contribution in [0.4, 0.5) is 0 Å². The quantitative estimate of drug-likeness (QED) is 0.846. The summed E-state index contributed by atoms with van der Waals surface area (Å²) in [5.41, 5.74) is 1.01. The third kappa shape index (κ3) is 2.90. The van der Waals surface area contributed by atoms with Crippen molar-refractivity contribution in [2.45, 2.75) is 19.5 Å². The summed E-state index contributed by atoms with van der Waals surface area (Å²) < 4.78 is 0.859. The van der Waals surface area contributed by atoms with Crippen LogP contribution in [0.5, 0.6) is 0 Å². The summed E-state index contributed by atoms with van der Waals surface area (Å²) in [6.45, 7) is 2.79. The van der Waals surface area contributed by atoms with Crippen LogP contribution < -0.4 is 5.32 Å². The second-order valence-electron chi connectivity index (χ2n) is 3.53. The number of H-pyrrole nitrogens is 1. The van der Waals surface area contributed by atoms with E-state index in [9.17, 15) is 0 Å². The highest BCUT2D eigenvalue weighted by Gasteiger charge is 2.06. The maximum Gasteiger partial charge on any atom is 0.122 e. The van der Waals surface area contributed by atoms with Gasteiger partial charge in [0.2, 0.25) is 0 Å². The smallest absolute Gasteiger partial charge is 0.122 e. The topological polar surface area (TPSA) is 53.6 Å². The lowest BCUT2D eigenvalue weighted by Gasteiger charge is -2.10. The molecule has 0 fully saturated rings. The Balaban J connectivity index is 1.92. The molecule has 0 aromatic carbocycles. The minimum atomic E-state index is 0.191. The fourth-order valence-corrected chi connectivity index (χ4v) is 1.80. The summed E-state index contributed by atoms with van der Waals surface area (Å²) in [4.78, 5) is 11.6. The van der Waals surface area contributed by atoms with Gasteiger partial charge in [-0.1, -0.05) is 6.07 Å². The fraction of sp³-hybridized carbons (Fsp3) is 0.273. The first-order chi connectivity index (χ1) is 7.75. The molecule has 0 amide bonds. The van der Waals surface area contributed by atoms with E-state index >= 15 is 0 Å². The molecule has 2 aromatic heterocycles. The van der Waals surface area contributed by atoms with Gasteiger partial charge < -0.3 is 10.3 Å². The fourth-order valence-electron chi connectivity index (χ4n) is 1.42. The predicted molar refractivity (Wildman–Crippen MR) is 65.8 cm³/mol. The summed E-state index contributed by atoms with van der Waals surface area (Å²) >= 11 is 3.35. The predicted octanol–water partition coefficient (Wildman–Crippen LogP) is 2.42. The van der Waals surface area contributed by atoms with Gasteiger partial charge in [-0.3, -0.25) is 0 Å². The van der Waals surface area contributed by atoms with E-state index in [4.69, 9.17) is 0 Å². The molecule has 0 spiro atoms. The summed E-state index contributed by atoms with van der Waals surface area (Å²) in [7, 11) is 0. The van der Waals surface area contributed by atoms with Crippen LogP contribution in [0.25, 0.3) is 0 Å². The molecule has 0 bridgehead atoms. The van der Waals surface area contributed by atoms with Gasteiger partial charge in [-0.05, 0) is 35.0 Å². The molecular formula is C11H13BrN4. The van der Waals surface area contributed by atoms with Crippen molar-refractivity contribution in [2.75, 3.05) is 0 Å². The van der Waals surface area contributed by atoms with Gasteiger partial charge in [0.25, 0.3) is 0 Å². The number of halogens is 1. The van der Waals surface area contributed by atoms with Crippen molar-refractivity contribution in [1.82, 2.24) is 20.3 Å². The molecule has 2 N–H and O–H groups in total. The number of hydrogen-bond donors (Lipinski definition) is 2. The summed E-state index contributed by atoms with van der Waals surface area (Å²) in [5.74, 6) is 0.940. The van der Waals surface area contributed by atoms with E-state index in [1.54, 1.807) is 6.20 Å². The lowest BCUT2D eigenvalue weighted by Crippen LogP contribution is -2.19. The number of pyridine rings is 1. The van der Waals surface area contributed by atoms with Gasteiger partial charge in [0.1, 0.15) is 10.4 Å². The molecule has 0 aliphatic rings. The van der Waals surface area contributed by atoms with Crippen LogP contribution >= 0.6 is 15.9 Å². The van der Waals surface area contributed by atoms with Crippen molar-refractivity contribution >= 4 is 15.9 Å². The van der Waals surface area contributed by atoms with Gasteiger partial charge in [-0.15, -0.1) is 0 Å². The molecule has 0 aliphatic heterocycles. The first-order valence-electron chi connectivity index (χ1n) is 5.10. The van der Waals surface area contributed by atoms with Gasteiger partial charge in [0.15, 0.2) is 0 Å². The van der Waals surface area contributed by atoms with Crippen LogP contribution in [0, 0.1) is 0 Å². The molecule has 4 nitrogen and oxygen atoms in total. The van der Waals surface area contributed by atoms with Crippen LogP contribution in [0.15, 0.2) is 35.2 Å². The second-order valence-corrected chi connectivity index (χ2v) is 4.34. The summed E-state index contributed by atoms with van der Waals surface area (Å²) in [6.07, 6.45) is 3.58. The molecule has 16 heavy (non-hydrogen) atoms. The zero-order chi connectivity index (χ0) is 11.4. The number of nitrogens with zero attached hydrogens (tertiary/aromatic N) is 2. The highest BCUT2D eigenvalue weighted by Crippen LogP contribution is 2.09. The number of imidazole rings is 1. The van der Waals surface area contributed by atoms with Crippen molar-refractivity contribution in [1.29, 1.82) is 0 Å². The molecule has 0 saturated heterocycles. The maximum absolute atomic E-state index is 4.35. The molecule has 0 radical (unpaired) electrons. The van der Waals surface area contributed by atoms with E-state index in [-0.39, 0.29) is 6.04 Å². The molecular weight excluding hydrogens is 268 g/mol. The van der Waals surface area contributed by atoms with Gasteiger partial charge in [0, 0.05) is 18.9 Å². The first kappa shape index (κ1) is 11.3. The highest BCUT2D eigenvalue weighted by atomic mass is 79.9. The number of aromatic nitrogens is 3. The monoisotopic (exact) mass is 280 g/mol. The lowest BCUT2D eigenvalue weighted by atomic mass is 10.3. The van der Waals surface area contributed by atoms with Crippen molar-refractivity contribution in [2.24, 2.45) is 0 Å². The minimum Gasteiger partial charge on any atom is -0.347 e. The van der Waals surface area contributed by atoms with Gasteiger partial charge in [-0.2, -0.15) is 0 Å². The molecule has 2 heterocycles. The van der Waals surface area contributed by atoms with Gasteiger partial charge in [0.05, 0.1) is 11.7 Å². The normalized spacial score (nSPS) is 12.6. The SMILES string of the molecule is CC(NCc1cccc(Br)n1)c1ncc[nH]1. The zero-order valence-electron chi connectivity index (χ0n) is 8.94. The van der Waals surface area contributed by atoms with E-state index < -0.39 is 0 Å². The van der Waals surface area contributed by atoms with Crippen molar-refractivity contribution in [3.05, 3.63) is 46.7 Å². The van der Waals surface area contributed by atoms with E-state index in [0.29, 0.717) is 0 Å². The summed E-state index contributed by atoms with van der Waals surface area (Å²) in [5, 5.41) is 3.35. The van der Waals surface area contributed by atoms with Crippen LogP contribution in [-0.4, -0.2) is 15.0 Å². The van der Waals surface area contributed by atoms with E-state index in [0.717, 1.165) is 22.7 Å². The summed E-state index contributed by atoms with van der Waals surface area (Å²) in [6, 6.07) is 6.08. The molecule has 84 valence electrons. The van der Waals surface area contributed by atoms with Crippen molar-refractivity contribution in [3.63, 3.8) is 0 Å². The van der Waals surface area contributed by atoms with Gasteiger partial charge in [-0.25, -0.2) is 9.97 Å². The van der Waals surface area contributed by atoms with Crippen LogP contribution in [0.2, 0.25) is 0 Å². The zero-order valence-corrected chi connectivity index (χ0v) is 10.5. The molecule has 2 rings (SSSR count). The van der Waals surface area contributed by atoms with E-state index in [1.807, 2.05) is 24.4 Å². The highest BCUT2D eigenvalue weighted by molar-refractivity contribution is 9.10. The Morgan fingerprint density at radius 3 is 3.06 bits per heavy atom. The number of hydrogen-bond acceptors (Lipinski definition) is 3. The lowest BCUT2D eigenvalue weighted by molar-refractivity contribution is 0.544. The van der Waals surface area contributed by atoms with Crippen molar-refractivity contribution in [3.8, 4) is 0 Å². The van der Waals surface area contributed by atoms with E-state index in [2.05, 4.69) is 43.1 Å². The third-order valence-electron chi connectivity index (χ3n) is 2.29. The molecule has 1 unspecified atom stereocenters. The average molecular weight is 281 g/mol. The Labute approximate surface area is 103 Å². The van der Waals surface area contributed by atoms with Crippen LogP contribution in [0.3, 0.4) is 0 Å². The maximum atomic E-state index is 4.35. The standard InChI is InChI=1S/C11H13BrN4/c1-8(11-13-5-6-14-11)15-7-9-3-2-4-10(12)16-9/h2-6,8,15H,7H2,1H3,(H,13,14). The average Bonchev–Trinajstić information content (AvgIpc) is 2.79. The Morgan fingerprint density at radius 1 is 1.50 bits per heavy atom. The molecule has 2 aromatic rings. The number of nitrogens with one attached hydrogen (secondary N) is 2. The van der Waals surface area contributed by atoms with Crippen LogP contribution in [0.1, 0.15) is 24.5 Å². The van der Waals surface area contributed by atoms with Gasteiger partial charge >= 0.3 is 0 Å². The molecule has 5 heteroatoms. The molecule has 0 saturated carbocycles.